The lowest BCUT2D eigenvalue weighted by molar-refractivity contribution is 0.493. The fourth-order valence-corrected chi connectivity index (χ4v) is 4.24. The van der Waals surface area contributed by atoms with Crippen LogP contribution in [0.2, 0.25) is 0 Å². The normalized spacial score (nSPS) is 20.7. The van der Waals surface area contributed by atoms with Crippen LogP contribution in [-0.4, -0.2) is 6.16 Å². The van der Waals surface area contributed by atoms with Gasteiger partial charge in [0.1, 0.15) is 0 Å². The van der Waals surface area contributed by atoms with E-state index < -0.39 is 7.37 Å². The molecule has 0 spiro atoms. The van der Waals surface area contributed by atoms with Crippen LogP contribution in [0, 0.1) is 0 Å². The monoisotopic (exact) mass is 259 g/mol. The summed E-state index contributed by atoms with van der Waals surface area (Å²) in [5.41, 5.74) is 8.36. The maximum absolute atomic E-state index is 12.9. The molecule has 3 nitrogen and oxygen atoms in total. The van der Waals surface area contributed by atoms with Gasteiger partial charge in [0.2, 0.25) is 0 Å². The third-order valence-electron chi connectivity index (χ3n) is 3.26. The van der Waals surface area contributed by atoms with Crippen molar-refractivity contribution in [2.45, 2.75) is 6.92 Å². The van der Waals surface area contributed by atoms with Crippen molar-refractivity contribution in [1.82, 2.24) is 0 Å². The number of hydrogen-bond donors (Lipinski definition) is 1. The highest BCUT2D eigenvalue weighted by Crippen LogP contribution is 2.55. The van der Waals surface area contributed by atoms with E-state index >= 15 is 0 Å². The summed E-state index contributed by atoms with van der Waals surface area (Å²) in [5, 5.41) is 0.797. The molecule has 0 saturated heterocycles. The fraction of sp³-hybridized carbons (Fsp3) is 0.143. The molecule has 4 heteroatoms. The predicted molar refractivity (Wildman–Crippen MR) is 74.7 cm³/mol. The lowest BCUT2D eigenvalue weighted by atomic mass is 10.0. The number of rotatable bonds is 1. The van der Waals surface area contributed by atoms with Gasteiger partial charge < -0.3 is 10.3 Å². The molecule has 0 radical (unpaired) electrons. The molecule has 92 valence electrons. The SMILES string of the molecule is CCP1(=O)Oc2c(N)cccc2-c2ccccc21. The van der Waals surface area contributed by atoms with E-state index in [0.717, 1.165) is 16.4 Å². The van der Waals surface area contributed by atoms with Crippen molar-refractivity contribution in [1.29, 1.82) is 0 Å². The van der Waals surface area contributed by atoms with E-state index in [0.29, 0.717) is 17.6 Å². The summed E-state index contributed by atoms with van der Waals surface area (Å²) < 4.78 is 18.6. The van der Waals surface area contributed by atoms with E-state index in [1.54, 1.807) is 6.07 Å². The molecule has 2 aromatic carbocycles. The van der Waals surface area contributed by atoms with Crippen LogP contribution >= 0.6 is 7.37 Å². The lowest BCUT2D eigenvalue weighted by Crippen LogP contribution is -2.19. The minimum Gasteiger partial charge on any atom is -0.437 e. The molecule has 2 aromatic rings. The summed E-state index contributed by atoms with van der Waals surface area (Å²) in [5.74, 6) is 0.557. The molecule has 1 atom stereocenters. The van der Waals surface area contributed by atoms with Gasteiger partial charge in [0.05, 0.1) is 11.0 Å². The Balaban J connectivity index is 2.37. The topological polar surface area (TPSA) is 52.3 Å². The lowest BCUT2D eigenvalue weighted by Gasteiger charge is -2.28. The zero-order valence-electron chi connectivity index (χ0n) is 10.1. The van der Waals surface area contributed by atoms with Crippen LogP contribution in [-0.2, 0) is 4.57 Å². The van der Waals surface area contributed by atoms with Gasteiger partial charge in [-0.05, 0) is 17.7 Å². The number of nitrogens with two attached hydrogens (primary N) is 1. The second kappa shape index (κ2) is 3.89. The van der Waals surface area contributed by atoms with Crippen LogP contribution < -0.4 is 15.6 Å². The van der Waals surface area contributed by atoms with Crippen LogP contribution in [0.25, 0.3) is 11.1 Å². The van der Waals surface area contributed by atoms with Crippen LogP contribution in [0.1, 0.15) is 6.92 Å². The molecule has 18 heavy (non-hydrogen) atoms. The molecule has 0 fully saturated rings. The van der Waals surface area contributed by atoms with Crippen molar-refractivity contribution < 1.29 is 9.09 Å². The van der Waals surface area contributed by atoms with Crippen molar-refractivity contribution in [2.24, 2.45) is 0 Å². The van der Waals surface area contributed by atoms with Gasteiger partial charge in [-0.3, -0.25) is 4.57 Å². The molecule has 0 bridgehead atoms. The average Bonchev–Trinajstić information content (AvgIpc) is 2.41. The average molecular weight is 259 g/mol. The Morgan fingerprint density at radius 3 is 2.61 bits per heavy atom. The molecule has 0 aromatic heterocycles. The van der Waals surface area contributed by atoms with E-state index in [-0.39, 0.29) is 0 Å². The fourth-order valence-electron chi connectivity index (χ4n) is 2.30. The highest BCUT2D eigenvalue weighted by molar-refractivity contribution is 7.67. The van der Waals surface area contributed by atoms with E-state index in [4.69, 9.17) is 10.3 Å². The smallest absolute Gasteiger partial charge is 0.277 e. The van der Waals surface area contributed by atoms with Gasteiger partial charge >= 0.3 is 0 Å². The van der Waals surface area contributed by atoms with Crippen LogP contribution in [0.4, 0.5) is 5.69 Å². The van der Waals surface area contributed by atoms with E-state index in [1.165, 1.54) is 0 Å². The Kier molecular flexibility index (Phi) is 2.46. The van der Waals surface area contributed by atoms with Gasteiger partial charge in [0.25, 0.3) is 7.37 Å². The summed E-state index contributed by atoms with van der Waals surface area (Å²) in [6, 6.07) is 13.3. The zero-order chi connectivity index (χ0) is 12.8. The van der Waals surface area contributed by atoms with Crippen molar-refractivity contribution in [3.63, 3.8) is 0 Å². The summed E-state index contributed by atoms with van der Waals surface area (Å²) in [7, 11) is -2.82. The summed E-state index contributed by atoms with van der Waals surface area (Å²) in [6.45, 7) is 1.88. The minimum atomic E-state index is -2.82. The molecule has 1 unspecified atom stereocenters. The molecular formula is C14H14NO2P. The van der Waals surface area contributed by atoms with Crippen LogP contribution in [0.15, 0.2) is 42.5 Å². The Bertz CT molecular complexity index is 667. The maximum atomic E-state index is 12.9. The molecule has 2 N–H and O–H groups in total. The Morgan fingerprint density at radius 1 is 1.11 bits per heavy atom. The van der Waals surface area contributed by atoms with Crippen molar-refractivity contribution in [3.8, 4) is 16.9 Å². The Labute approximate surface area is 106 Å². The number of benzene rings is 2. The van der Waals surface area contributed by atoms with Gasteiger partial charge in [-0.2, -0.15) is 0 Å². The molecule has 0 saturated carbocycles. The third kappa shape index (κ3) is 1.48. The molecular weight excluding hydrogens is 245 g/mol. The summed E-state index contributed by atoms with van der Waals surface area (Å²) in [4.78, 5) is 0. The quantitative estimate of drug-likeness (QED) is 0.631. The van der Waals surface area contributed by atoms with E-state index in [2.05, 4.69) is 0 Å². The first-order valence-electron chi connectivity index (χ1n) is 5.93. The van der Waals surface area contributed by atoms with Crippen molar-refractivity contribution in [2.75, 3.05) is 11.9 Å². The van der Waals surface area contributed by atoms with Crippen LogP contribution in [0.5, 0.6) is 5.75 Å². The van der Waals surface area contributed by atoms with Crippen molar-refractivity contribution >= 4 is 18.4 Å². The van der Waals surface area contributed by atoms with Gasteiger partial charge in [-0.25, -0.2) is 0 Å². The largest absolute Gasteiger partial charge is 0.437 e. The maximum Gasteiger partial charge on any atom is 0.277 e. The van der Waals surface area contributed by atoms with E-state index in [1.807, 2.05) is 43.3 Å². The molecule has 0 amide bonds. The van der Waals surface area contributed by atoms with Crippen molar-refractivity contribution in [3.05, 3.63) is 42.5 Å². The molecule has 3 rings (SSSR count). The van der Waals surface area contributed by atoms with E-state index in [9.17, 15) is 4.57 Å². The summed E-state index contributed by atoms with van der Waals surface area (Å²) in [6.07, 6.45) is 0.470. The Hall–Kier alpha value is -1.73. The molecule has 1 heterocycles. The highest BCUT2D eigenvalue weighted by Gasteiger charge is 2.34. The molecule has 0 aliphatic carbocycles. The third-order valence-corrected chi connectivity index (χ3v) is 5.70. The second-order valence-corrected chi connectivity index (χ2v) is 6.97. The minimum absolute atomic E-state index is 0.470. The Morgan fingerprint density at radius 2 is 1.83 bits per heavy atom. The number of hydrogen-bond acceptors (Lipinski definition) is 3. The van der Waals surface area contributed by atoms with Gasteiger partial charge in [-0.1, -0.05) is 37.3 Å². The first-order chi connectivity index (χ1) is 8.65. The molecule has 1 aliphatic rings. The zero-order valence-corrected chi connectivity index (χ0v) is 11.0. The second-order valence-electron chi connectivity index (χ2n) is 4.32. The van der Waals surface area contributed by atoms with Crippen LogP contribution in [0.3, 0.4) is 0 Å². The van der Waals surface area contributed by atoms with Gasteiger partial charge in [0, 0.05) is 11.7 Å². The highest BCUT2D eigenvalue weighted by atomic mass is 31.2. The van der Waals surface area contributed by atoms with Gasteiger partial charge in [0.15, 0.2) is 5.75 Å². The predicted octanol–water partition coefficient (Wildman–Crippen LogP) is 3.25. The summed E-state index contributed by atoms with van der Waals surface area (Å²) >= 11 is 0. The number of anilines is 1. The van der Waals surface area contributed by atoms with Gasteiger partial charge in [-0.15, -0.1) is 0 Å². The first kappa shape index (κ1) is 11.4. The first-order valence-corrected chi connectivity index (χ1v) is 7.74. The standard InChI is InChI=1S/C14H14NO2P/c1-2-18(16)13-9-4-3-6-10(13)11-7-5-8-12(15)14(11)17-18/h3-9H,2,15H2,1H3. The number of fused-ring (bicyclic) bond motifs is 3. The molecule has 1 aliphatic heterocycles. The number of para-hydroxylation sites is 1. The number of nitrogen functional groups attached to an aromatic ring is 1.